The number of anilines is 2. The maximum Gasteiger partial charge on any atom is 0.265 e. The minimum absolute atomic E-state index is 0.246. The van der Waals surface area contributed by atoms with Crippen LogP contribution in [0.3, 0.4) is 0 Å². The molecule has 0 fully saturated rings. The predicted octanol–water partition coefficient (Wildman–Crippen LogP) is 12.2. The van der Waals surface area contributed by atoms with Crippen LogP contribution in [0.2, 0.25) is 0 Å². The molecule has 6 nitrogen and oxygen atoms in total. The normalized spacial score (nSPS) is 13.2. The van der Waals surface area contributed by atoms with Crippen LogP contribution in [-0.2, 0) is 15.0 Å². The number of fused-ring (bicyclic) bond motifs is 3. The van der Waals surface area contributed by atoms with Crippen LogP contribution in [0, 0.1) is 0 Å². The van der Waals surface area contributed by atoms with Crippen molar-refractivity contribution < 1.29 is 19.1 Å². The monoisotopic (exact) mass is 796 g/mol. The molecule has 0 saturated carbocycles. The highest BCUT2D eigenvalue weighted by atomic mass is 16.5. The number of ether oxygens (including phenoxy) is 2. The molecule has 2 amide bonds. The van der Waals surface area contributed by atoms with Crippen molar-refractivity contribution in [3.05, 3.63) is 229 Å². The van der Waals surface area contributed by atoms with Gasteiger partial charge in [-0.3, -0.25) is 9.59 Å². The van der Waals surface area contributed by atoms with Crippen molar-refractivity contribution in [3.8, 4) is 44.9 Å². The topological polar surface area (TPSA) is 76.7 Å². The van der Waals surface area contributed by atoms with E-state index < -0.39 is 17.6 Å². The molecule has 0 spiro atoms. The van der Waals surface area contributed by atoms with Gasteiger partial charge in [-0.2, -0.15) is 0 Å². The molecule has 1 aliphatic rings. The van der Waals surface area contributed by atoms with Crippen LogP contribution in [-0.4, -0.2) is 24.0 Å². The molecule has 9 rings (SSSR count). The first-order valence-corrected chi connectivity index (χ1v) is 20.5. The Morgan fingerprint density at radius 1 is 0.393 bits per heavy atom. The quantitative estimate of drug-likeness (QED) is 0.129. The fourth-order valence-electron chi connectivity index (χ4n) is 8.35. The largest absolute Gasteiger partial charge is 0.481 e. The lowest BCUT2D eigenvalue weighted by Gasteiger charge is -2.34. The lowest BCUT2D eigenvalue weighted by atomic mass is 9.67. The number of benzene rings is 8. The highest BCUT2D eigenvalue weighted by Gasteiger charge is 2.45. The van der Waals surface area contributed by atoms with Crippen molar-refractivity contribution >= 4 is 23.2 Å². The van der Waals surface area contributed by atoms with Crippen LogP contribution in [0.5, 0.6) is 11.5 Å². The van der Waals surface area contributed by atoms with Crippen molar-refractivity contribution in [1.82, 2.24) is 0 Å². The average Bonchev–Trinajstić information content (AvgIpc) is 3.61. The van der Waals surface area contributed by atoms with Gasteiger partial charge in [-0.25, -0.2) is 0 Å². The Bertz CT molecular complexity index is 2590. The van der Waals surface area contributed by atoms with E-state index in [-0.39, 0.29) is 11.8 Å². The molecular weight excluding hydrogens is 753 g/mol. The average molecular weight is 797 g/mol. The summed E-state index contributed by atoms with van der Waals surface area (Å²) in [5.74, 6) is 0.752. The number of nitrogens with one attached hydrogen (secondary N) is 2. The van der Waals surface area contributed by atoms with Gasteiger partial charge in [0.1, 0.15) is 11.5 Å². The van der Waals surface area contributed by atoms with Gasteiger partial charge in [0, 0.05) is 11.4 Å². The summed E-state index contributed by atoms with van der Waals surface area (Å²) in [5, 5.41) is 6.10. The van der Waals surface area contributed by atoms with Crippen molar-refractivity contribution in [2.24, 2.45) is 0 Å². The van der Waals surface area contributed by atoms with Gasteiger partial charge in [-0.15, -0.1) is 0 Å². The molecule has 0 heterocycles. The van der Waals surface area contributed by atoms with Gasteiger partial charge >= 0.3 is 0 Å². The van der Waals surface area contributed by atoms with Crippen LogP contribution in [0.25, 0.3) is 33.4 Å². The smallest absolute Gasteiger partial charge is 0.265 e. The summed E-state index contributed by atoms with van der Waals surface area (Å²) < 4.78 is 12.1. The van der Waals surface area contributed by atoms with E-state index in [1.165, 1.54) is 11.1 Å². The molecule has 1 aliphatic carbocycles. The number of rotatable bonds is 12. The zero-order valence-electron chi connectivity index (χ0n) is 33.9. The van der Waals surface area contributed by atoms with Gasteiger partial charge in [0.05, 0.1) is 5.41 Å². The van der Waals surface area contributed by atoms with Gasteiger partial charge in [0.25, 0.3) is 11.8 Å². The van der Waals surface area contributed by atoms with Crippen LogP contribution in [0.4, 0.5) is 11.4 Å². The van der Waals surface area contributed by atoms with Gasteiger partial charge < -0.3 is 20.1 Å². The Morgan fingerprint density at radius 2 is 0.721 bits per heavy atom. The van der Waals surface area contributed by atoms with E-state index in [9.17, 15) is 9.59 Å². The van der Waals surface area contributed by atoms with Crippen molar-refractivity contribution in [1.29, 1.82) is 0 Å². The molecule has 8 aromatic carbocycles. The van der Waals surface area contributed by atoms with Gasteiger partial charge in [0.2, 0.25) is 0 Å². The molecular formula is C55H44N2O4. The van der Waals surface area contributed by atoms with E-state index in [0.717, 1.165) is 44.5 Å². The molecule has 0 aromatic heterocycles. The van der Waals surface area contributed by atoms with Gasteiger partial charge in [0.15, 0.2) is 12.2 Å². The molecule has 2 N–H and O–H groups in total. The molecule has 0 aliphatic heterocycles. The summed E-state index contributed by atoms with van der Waals surface area (Å²) in [6, 6.07) is 69.0. The third kappa shape index (κ3) is 7.79. The summed E-state index contributed by atoms with van der Waals surface area (Å²) >= 11 is 0. The van der Waals surface area contributed by atoms with Gasteiger partial charge in [-0.1, -0.05) is 158 Å². The molecule has 0 saturated heterocycles. The lowest BCUT2D eigenvalue weighted by Crippen LogP contribution is -2.31. The maximum absolute atomic E-state index is 13.4. The minimum atomic E-state index is -0.720. The standard InChI is InChI=1S/C55H44N2O4/c1-37(60-47-33-21-41(22-34-47)39-13-5-3-6-14-39)53(58)56-45-29-25-43(26-30-45)55(51-19-11-9-17-49(51)50-18-10-12-20-52(50)55)44-27-31-46(32-28-44)57-54(59)38(2)61-48-35-23-42(24-36-48)40-15-7-4-8-16-40/h3-38H,1-2H3,(H,56,58)(H,57,59). The zero-order valence-corrected chi connectivity index (χ0v) is 33.9. The molecule has 2 unspecified atom stereocenters. The fraction of sp³-hybridized carbons (Fsp3) is 0.0909. The summed E-state index contributed by atoms with van der Waals surface area (Å²) in [6.07, 6.45) is -1.44. The summed E-state index contributed by atoms with van der Waals surface area (Å²) in [7, 11) is 0. The van der Waals surface area contributed by atoms with Crippen LogP contribution >= 0.6 is 0 Å². The summed E-state index contributed by atoms with van der Waals surface area (Å²) in [4.78, 5) is 26.8. The van der Waals surface area contributed by atoms with E-state index >= 15 is 0 Å². The molecule has 2 atom stereocenters. The Labute approximate surface area is 356 Å². The SMILES string of the molecule is CC(Oc1ccc(-c2ccccc2)cc1)C(=O)Nc1ccc(C2(c3ccc(NC(=O)C(C)Oc4ccc(-c5ccccc5)cc4)cc3)c3ccccc3-c3ccccc32)cc1. The second-order valence-corrected chi connectivity index (χ2v) is 15.3. The van der Waals surface area contributed by atoms with Crippen LogP contribution in [0.15, 0.2) is 206 Å². The summed E-state index contributed by atoms with van der Waals surface area (Å²) in [5.41, 5.74) is 11.8. The number of hydrogen-bond acceptors (Lipinski definition) is 4. The Kier molecular flexibility index (Phi) is 10.7. The first kappa shape index (κ1) is 38.8. The highest BCUT2D eigenvalue weighted by molar-refractivity contribution is 5.95. The van der Waals surface area contributed by atoms with Crippen molar-refractivity contribution in [2.75, 3.05) is 10.6 Å². The minimum Gasteiger partial charge on any atom is -0.481 e. The van der Waals surface area contributed by atoms with Crippen molar-refractivity contribution in [2.45, 2.75) is 31.5 Å². The number of carbonyl (C=O) groups is 2. The molecule has 0 bridgehead atoms. The third-order valence-electron chi connectivity index (χ3n) is 11.4. The van der Waals surface area contributed by atoms with Gasteiger partial charge in [-0.05, 0) is 118 Å². The second-order valence-electron chi connectivity index (χ2n) is 15.3. The molecule has 61 heavy (non-hydrogen) atoms. The third-order valence-corrected chi connectivity index (χ3v) is 11.4. The highest BCUT2D eigenvalue weighted by Crippen LogP contribution is 2.56. The molecule has 0 radical (unpaired) electrons. The molecule has 8 aromatic rings. The maximum atomic E-state index is 13.4. The van der Waals surface area contributed by atoms with Crippen molar-refractivity contribution in [3.63, 3.8) is 0 Å². The number of amides is 2. The summed E-state index contributed by atoms with van der Waals surface area (Å²) in [6.45, 7) is 3.50. The Morgan fingerprint density at radius 3 is 1.10 bits per heavy atom. The fourth-order valence-corrected chi connectivity index (χ4v) is 8.35. The predicted molar refractivity (Wildman–Crippen MR) is 245 cm³/mol. The van der Waals surface area contributed by atoms with E-state index in [1.54, 1.807) is 13.8 Å². The second kappa shape index (κ2) is 16.9. The molecule has 298 valence electrons. The first-order chi connectivity index (χ1) is 29.9. The Hall–Kier alpha value is -7.70. The number of hydrogen-bond donors (Lipinski definition) is 2. The lowest BCUT2D eigenvalue weighted by molar-refractivity contribution is -0.122. The van der Waals surface area contributed by atoms with E-state index in [4.69, 9.17) is 9.47 Å². The number of carbonyl (C=O) groups excluding carboxylic acids is 2. The zero-order chi connectivity index (χ0) is 41.8. The molecule has 6 heteroatoms. The van der Waals surface area contributed by atoms with E-state index in [1.807, 2.05) is 109 Å². The van der Waals surface area contributed by atoms with E-state index in [0.29, 0.717) is 22.9 Å². The van der Waals surface area contributed by atoms with Crippen LogP contribution in [0.1, 0.15) is 36.1 Å². The van der Waals surface area contributed by atoms with Crippen LogP contribution < -0.4 is 20.1 Å². The first-order valence-electron chi connectivity index (χ1n) is 20.5. The Balaban J connectivity index is 0.931. The van der Waals surface area contributed by atoms with E-state index in [2.05, 4.69) is 108 Å².